The molecule has 1 amide bonds. The highest BCUT2D eigenvalue weighted by Gasteiger charge is 2.34. The predicted molar refractivity (Wildman–Crippen MR) is 65.2 cm³/mol. The summed E-state index contributed by atoms with van der Waals surface area (Å²) in [6.07, 6.45) is 6.58. The summed E-state index contributed by atoms with van der Waals surface area (Å²) in [7, 11) is 0. The largest absolute Gasteiger partial charge is 0.335 e. The van der Waals surface area contributed by atoms with Gasteiger partial charge in [0.1, 0.15) is 0 Å². The molecule has 2 atom stereocenters. The minimum atomic E-state index is 0.205. The Morgan fingerprint density at radius 3 is 2.75 bits per heavy atom. The molecule has 2 aliphatic heterocycles. The molecule has 0 aromatic heterocycles. The average Bonchev–Trinajstić information content (AvgIpc) is 2.87. The number of nitrogens with one attached hydrogen (secondary N) is 1. The van der Waals surface area contributed by atoms with Crippen molar-refractivity contribution in [2.24, 2.45) is 0 Å². The van der Waals surface area contributed by atoms with E-state index in [1.54, 1.807) is 6.08 Å². The number of hydrogen-bond donors (Lipinski definition) is 1. The maximum atomic E-state index is 12.0. The fraction of sp³-hybridized carbons (Fsp3) is 0.769. The topological polar surface area (TPSA) is 32.3 Å². The van der Waals surface area contributed by atoms with Crippen molar-refractivity contribution in [3.05, 3.63) is 11.6 Å². The third-order valence-corrected chi connectivity index (χ3v) is 3.56. The predicted octanol–water partition coefficient (Wildman–Crippen LogP) is 1.70. The van der Waals surface area contributed by atoms with E-state index in [0.717, 1.165) is 25.1 Å². The molecule has 3 nitrogen and oxygen atoms in total. The fourth-order valence-electron chi connectivity index (χ4n) is 2.85. The van der Waals surface area contributed by atoms with Crippen molar-refractivity contribution < 1.29 is 4.79 Å². The van der Waals surface area contributed by atoms with Crippen molar-refractivity contribution in [3.63, 3.8) is 0 Å². The average molecular weight is 222 g/mol. The van der Waals surface area contributed by atoms with Gasteiger partial charge in [0.05, 0.1) is 0 Å². The van der Waals surface area contributed by atoms with Crippen LogP contribution >= 0.6 is 0 Å². The van der Waals surface area contributed by atoms with Gasteiger partial charge in [0.2, 0.25) is 5.91 Å². The summed E-state index contributed by atoms with van der Waals surface area (Å²) in [5.41, 5.74) is 1.09. The number of carbonyl (C=O) groups excluding carboxylic acids is 1. The molecule has 2 aliphatic rings. The minimum Gasteiger partial charge on any atom is -0.335 e. The summed E-state index contributed by atoms with van der Waals surface area (Å²) in [5.74, 6) is 0.205. The molecule has 0 saturated carbocycles. The fourth-order valence-corrected chi connectivity index (χ4v) is 2.85. The molecule has 2 fully saturated rings. The molecular weight excluding hydrogens is 200 g/mol. The molecule has 90 valence electrons. The Hall–Kier alpha value is -0.830. The van der Waals surface area contributed by atoms with Crippen LogP contribution in [0.3, 0.4) is 0 Å². The quantitative estimate of drug-likeness (QED) is 0.721. The highest BCUT2D eigenvalue weighted by atomic mass is 16.2. The molecule has 3 heteroatoms. The van der Waals surface area contributed by atoms with Crippen LogP contribution in [-0.2, 0) is 4.79 Å². The molecule has 0 aromatic carbocycles. The minimum absolute atomic E-state index is 0.205. The highest BCUT2D eigenvalue weighted by Crippen LogP contribution is 2.25. The third kappa shape index (κ3) is 2.46. The van der Waals surface area contributed by atoms with Gasteiger partial charge in [-0.25, -0.2) is 0 Å². The third-order valence-electron chi connectivity index (χ3n) is 3.56. The van der Waals surface area contributed by atoms with Gasteiger partial charge in [-0.2, -0.15) is 0 Å². The molecule has 2 unspecified atom stereocenters. The Kier molecular flexibility index (Phi) is 3.64. The molecule has 0 aliphatic carbocycles. The van der Waals surface area contributed by atoms with Crippen LogP contribution in [0.5, 0.6) is 0 Å². The van der Waals surface area contributed by atoms with Gasteiger partial charge in [0.15, 0.2) is 0 Å². The van der Waals surface area contributed by atoms with Crippen molar-refractivity contribution >= 4 is 5.91 Å². The van der Waals surface area contributed by atoms with Crippen LogP contribution in [0.1, 0.15) is 39.5 Å². The van der Waals surface area contributed by atoms with E-state index in [9.17, 15) is 4.79 Å². The number of nitrogens with zero attached hydrogens (tertiary/aromatic N) is 1. The Morgan fingerprint density at radius 1 is 1.31 bits per heavy atom. The van der Waals surface area contributed by atoms with Crippen molar-refractivity contribution in [1.29, 1.82) is 0 Å². The lowest BCUT2D eigenvalue weighted by Crippen LogP contribution is -2.46. The zero-order valence-corrected chi connectivity index (χ0v) is 10.3. The summed E-state index contributed by atoms with van der Waals surface area (Å²) in [5, 5.41) is 3.52. The van der Waals surface area contributed by atoms with E-state index in [-0.39, 0.29) is 5.91 Å². The van der Waals surface area contributed by atoms with Gasteiger partial charge in [-0.1, -0.05) is 5.57 Å². The number of rotatable bonds is 2. The van der Waals surface area contributed by atoms with Gasteiger partial charge in [-0.3, -0.25) is 4.79 Å². The van der Waals surface area contributed by atoms with Crippen LogP contribution in [0.25, 0.3) is 0 Å². The van der Waals surface area contributed by atoms with E-state index in [0.29, 0.717) is 12.1 Å². The Bertz CT molecular complexity index is 288. The summed E-state index contributed by atoms with van der Waals surface area (Å²) >= 11 is 0. The molecule has 0 bridgehead atoms. The number of carbonyl (C=O) groups is 1. The first-order valence-corrected chi connectivity index (χ1v) is 6.37. The zero-order valence-electron chi connectivity index (χ0n) is 10.3. The first-order valence-electron chi connectivity index (χ1n) is 6.37. The second-order valence-corrected chi connectivity index (χ2v) is 5.17. The number of hydrogen-bond acceptors (Lipinski definition) is 2. The second kappa shape index (κ2) is 5.00. The summed E-state index contributed by atoms with van der Waals surface area (Å²) < 4.78 is 0. The van der Waals surface area contributed by atoms with Crippen LogP contribution in [0.4, 0.5) is 0 Å². The van der Waals surface area contributed by atoms with Crippen LogP contribution in [0, 0.1) is 0 Å². The maximum Gasteiger partial charge on any atom is 0.246 e. The van der Waals surface area contributed by atoms with Crippen LogP contribution in [0.2, 0.25) is 0 Å². The second-order valence-electron chi connectivity index (χ2n) is 5.17. The molecule has 0 aromatic rings. The SMILES string of the molecule is CC(C)=CC(=O)N1CCCC1C1CCCN1. The Labute approximate surface area is 97.9 Å². The molecule has 16 heavy (non-hydrogen) atoms. The van der Waals surface area contributed by atoms with E-state index < -0.39 is 0 Å². The lowest BCUT2D eigenvalue weighted by Gasteiger charge is -2.28. The van der Waals surface area contributed by atoms with Gasteiger partial charge < -0.3 is 10.2 Å². The van der Waals surface area contributed by atoms with Crippen molar-refractivity contribution in [1.82, 2.24) is 10.2 Å². The molecule has 1 N–H and O–H groups in total. The zero-order chi connectivity index (χ0) is 11.5. The maximum absolute atomic E-state index is 12.0. The highest BCUT2D eigenvalue weighted by molar-refractivity contribution is 5.88. The lowest BCUT2D eigenvalue weighted by molar-refractivity contribution is -0.127. The van der Waals surface area contributed by atoms with Gasteiger partial charge in [0, 0.05) is 24.7 Å². The van der Waals surface area contributed by atoms with Crippen molar-refractivity contribution in [2.75, 3.05) is 13.1 Å². The number of likely N-dealkylation sites (tertiary alicyclic amines) is 1. The normalized spacial score (nSPS) is 29.5. The van der Waals surface area contributed by atoms with E-state index in [1.807, 2.05) is 13.8 Å². The van der Waals surface area contributed by atoms with Crippen LogP contribution < -0.4 is 5.32 Å². The van der Waals surface area contributed by atoms with Gasteiger partial charge in [0.25, 0.3) is 0 Å². The molecule has 0 spiro atoms. The van der Waals surface area contributed by atoms with Crippen molar-refractivity contribution in [3.8, 4) is 0 Å². The molecular formula is C13H22N2O. The van der Waals surface area contributed by atoms with Crippen LogP contribution in [-0.4, -0.2) is 36.0 Å². The van der Waals surface area contributed by atoms with Gasteiger partial charge in [-0.05, 0) is 46.1 Å². The first kappa shape index (κ1) is 11.6. The van der Waals surface area contributed by atoms with E-state index in [1.165, 1.54) is 19.3 Å². The summed E-state index contributed by atoms with van der Waals surface area (Å²) in [6, 6.07) is 0.975. The monoisotopic (exact) mass is 222 g/mol. The van der Waals surface area contributed by atoms with Crippen LogP contribution in [0.15, 0.2) is 11.6 Å². The molecule has 0 radical (unpaired) electrons. The van der Waals surface area contributed by atoms with Gasteiger partial charge in [-0.15, -0.1) is 0 Å². The molecule has 2 heterocycles. The van der Waals surface area contributed by atoms with Gasteiger partial charge >= 0.3 is 0 Å². The summed E-state index contributed by atoms with van der Waals surface area (Å²) in [6.45, 7) is 6.02. The molecule has 2 saturated heterocycles. The van der Waals surface area contributed by atoms with E-state index in [4.69, 9.17) is 0 Å². The van der Waals surface area contributed by atoms with E-state index >= 15 is 0 Å². The Balaban J connectivity index is 2.02. The molecule has 2 rings (SSSR count). The number of amides is 1. The first-order chi connectivity index (χ1) is 7.68. The number of allylic oxidation sites excluding steroid dienone is 1. The Morgan fingerprint density at radius 2 is 2.12 bits per heavy atom. The lowest BCUT2D eigenvalue weighted by atomic mass is 10.0. The smallest absolute Gasteiger partial charge is 0.246 e. The summed E-state index contributed by atoms with van der Waals surface area (Å²) in [4.78, 5) is 14.1. The van der Waals surface area contributed by atoms with Crippen molar-refractivity contribution in [2.45, 2.75) is 51.6 Å². The standard InChI is InChI=1S/C13H22N2O/c1-10(2)9-13(16)15-8-4-6-12(15)11-5-3-7-14-11/h9,11-12,14H,3-8H2,1-2H3. The van der Waals surface area contributed by atoms with E-state index in [2.05, 4.69) is 10.2 Å².